The molecule has 5 aromatic rings. The van der Waals surface area contributed by atoms with Gasteiger partial charge in [-0.1, -0.05) is 70.7 Å². The number of carbonyl (C=O) groups excluding carboxylic acids is 1. The maximum Gasteiger partial charge on any atom is 0.414 e. The number of nitro benzene ring substituents is 1. The van der Waals surface area contributed by atoms with E-state index in [1.54, 1.807) is 45.0 Å². The summed E-state index contributed by atoms with van der Waals surface area (Å²) in [6.07, 6.45) is -1.02. The molecule has 42 heavy (non-hydrogen) atoms. The number of thiazole rings is 2. The van der Waals surface area contributed by atoms with Crippen LogP contribution in [0.2, 0.25) is 0 Å². The molecule has 2 aromatic heterocycles. The van der Waals surface area contributed by atoms with Crippen LogP contribution in [-0.4, -0.2) is 37.5 Å². The van der Waals surface area contributed by atoms with Crippen molar-refractivity contribution in [2.45, 2.75) is 39.7 Å². The Kier molecular flexibility index (Phi) is 7.76. The molecular weight excluding hydrogens is 574 g/mol. The van der Waals surface area contributed by atoms with Crippen LogP contribution in [0.1, 0.15) is 31.9 Å². The SMILES string of the molecule is Cc1ccc(-c2nc(NC(=O)Cc3ccc4nc(N(C(=O)O)C(C)(C)C)sc4c3)sc2-c2cccc([N+](=O)[O-])c2)cc1. The zero-order chi connectivity index (χ0) is 30.2. The monoisotopic (exact) mass is 601 g/mol. The lowest BCUT2D eigenvalue weighted by Gasteiger charge is -2.30. The number of fused-ring (bicyclic) bond motifs is 1. The number of non-ortho nitro benzene ring substituents is 1. The Morgan fingerprint density at radius 1 is 1.00 bits per heavy atom. The molecule has 0 spiro atoms. The highest BCUT2D eigenvalue weighted by Crippen LogP contribution is 2.40. The van der Waals surface area contributed by atoms with Gasteiger partial charge in [-0.2, -0.15) is 0 Å². The number of aryl methyl sites for hydroxylation is 1. The molecular formula is C30H27N5O5S2. The van der Waals surface area contributed by atoms with Gasteiger partial charge in [-0.25, -0.2) is 19.7 Å². The third-order valence-electron chi connectivity index (χ3n) is 6.38. The highest BCUT2D eigenvalue weighted by molar-refractivity contribution is 7.22. The van der Waals surface area contributed by atoms with Gasteiger partial charge >= 0.3 is 6.09 Å². The smallest absolute Gasteiger partial charge is 0.414 e. The number of amides is 2. The quantitative estimate of drug-likeness (QED) is 0.143. The fourth-order valence-electron chi connectivity index (χ4n) is 4.40. The van der Waals surface area contributed by atoms with E-state index in [1.165, 1.54) is 39.7 Å². The number of hydrogen-bond acceptors (Lipinski definition) is 8. The second-order valence-electron chi connectivity index (χ2n) is 10.7. The van der Waals surface area contributed by atoms with Gasteiger partial charge in [0.25, 0.3) is 5.69 Å². The van der Waals surface area contributed by atoms with Gasteiger partial charge in [0.2, 0.25) is 5.91 Å². The van der Waals surface area contributed by atoms with Crippen molar-refractivity contribution < 1.29 is 19.6 Å². The summed E-state index contributed by atoms with van der Waals surface area (Å²) in [6, 6.07) is 19.5. The van der Waals surface area contributed by atoms with Crippen molar-refractivity contribution in [3.63, 3.8) is 0 Å². The molecule has 0 radical (unpaired) electrons. The van der Waals surface area contributed by atoms with Gasteiger partial charge in [-0.3, -0.25) is 14.9 Å². The van der Waals surface area contributed by atoms with Crippen LogP contribution in [0.5, 0.6) is 0 Å². The number of rotatable bonds is 7. The van der Waals surface area contributed by atoms with Crippen molar-refractivity contribution in [2.75, 3.05) is 10.2 Å². The highest BCUT2D eigenvalue weighted by Gasteiger charge is 2.30. The Labute approximate surface area is 249 Å². The van der Waals surface area contributed by atoms with Gasteiger partial charge in [-0.05, 0) is 45.4 Å². The van der Waals surface area contributed by atoms with Gasteiger partial charge in [0, 0.05) is 28.8 Å². The molecule has 3 aromatic carbocycles. The molecule has 2 heterocycles. The highest BCUT2D eigenvalue weighted by atomic mass is 32.1. The van der Waals surface area contributed by atoms with E-state index in [9.17, 15) is 24.8 Å². The van der Waals surface area contributed by atoms with Gasteiger partial charge in [0.1, 0.15) is 0 Å². The number of nitrogens with zero attached hydrogens (tertiary/aromatic N) is 4. The Balaban J connectivity index is 1.41. The standard InChI is InChI=1S/C30H27N5O5S2/c1-17-8-11-19(12-9-17)25-26(20-6-5-7-21(16-20)35(39)40)42-27(33-25)32-24(36)15-18-10-13-22-23(14-18)41-28(31-22)34(29(37)38)30(2,3)4/h5-14,16H,15H2,1-4H3,(H,37,38)(H,32,33,36). The van der Waals surface area contributed by atoms with Crippen LogP contribution >= 0.6 is 22.7 Å². The third-order valence-corrected chi connectivity index (χ3v) is 8.40. The van der Waals surface area contributed by atoms with Crippen molar-refractivity contribution in [2.24, 2.45) is 0 Å². The lowest BCUT2D eigenvalue weighted by atomic mass is 10.1. The number of nitro groups is 1. The summed E-state index contributed by atoms with van der Waals surface area (Å²) in [5.41, 5.74) is 3.86. The molecule has 2 N–H and O–H groups in total. The average molecular weight is 602 g/mol. The minimum atomic E-state index is -1.08. The Morgan fingerprint density at radius 3 is 2.40 bits per heavy atom. The maximum atomic E-state index is 13.1. The second-order valence-corrected chi connectivity index (χ2v) is 12.7. The first-order chi connectivity index (χ1) is 19.9. The van der Waals surface area contributed by atoms with E-state index in [2.05, 4.69) is 10.3 Å². The number of benzene rings is 3. The average Bonchev–Trinajstić information content (AvgIpc) is 3.51. The minimum Gasteiger partial charge on any atom is -0.465 e. The summed E-state index contributed by atoms with van der Waals surface area (Å²) < 4.78 is 0.773. The van der Waals surface area contributed by atoms with E-state index in [0.29, 0.717) is 31.9 Å². The van der Waals surface area contributed by atoms with E-state index in [0.717, 1.165) is 21.4 Å². The molecule has 214 valence electrons. The van der Waals surface area contributed by atoms with Crippen LogP contribution in [0.3, 0.4) is 0 Å². The molecule has 12 heteroatoms. The van der Waals surface area contributed by atoms with Crippen molar-refractivity contribution >= 4 is 60.8 Å². The van der Waals surface area contributed by atoms with E-state index < -0.39 is 16.6 Å². The first-order valence-corrected chi connectivity index (χ1v) is 14.6. The van der Waals surface area contributed by atoms with Crippen molar-refractivity contribution in [1.82, 2.24) is 9.97 Å². The Morgan fingerprint density at radius 2 is 1.74 bits per heavy atom. The zero-order valence-corrected chi connectivity index (χ0v) is 24.9. The molecule has 0 bridgehead atoms. The predicted octanol–water partition coefficient (Wildman–Crippen LogP) is 7.77. The number of anilines is 2. The summed E-state index contributed by atoms with van der Waals surface area (Å²) in [6.45, 7) is 7.39. The largest absolute Gasteiger partial charge is 0.465 e. The normalized spacial score (nSPS) is 11.4. The summed E-state index contributed by atoms with van der Waals surface area (Å²) in [5, 5.41) is 24.7. The third kappa shape index (κ3) is 6.14. The molecule has 0 aliphatic heterocycles. The Bertz CT molecular complexity index is 1820. The van der Waals surface area contributed by atoms with Crippen LogP contribution < -0.4 is 10.2 Å². The molecule has 2 amide bonds. The van der Waals surface area contributed by atoms with E-state index in [1.807, 2.05) is 37.3 Å². The molecule has 0 aliphatic carbocycles. The number of carbonyl (C=O) groups is 2. The zero-order valence-electron chi connectivity index (χ0n) is 23.2. The second kappa shape index (κ2) is 11.3. The fraction of sp³-hybridized carbons (Fsp3) is 0.200. The molecule has 0 unspecified atom stereocenters. The van der Waals surface area contributed by atoms with Crippen LogP contribution in [-0.2, 0) is 11.2 Å². The molecule has 0 aliphatic rings. The van der Waals surface area contributed by atoms with E-state index >= 15 is 0 Å². The lowest BCUT2D eigenvalue weighted by molar-refractivity contribution is -0.384. The number of aromatic nitrogens is 2. The fourth-order valence-corrected chi connectivity index (χ4v) is 6.62. The van der Waals surface area contributed by atoms with E-state index in [4.69, 9.17) is 4.98 Å². The molecule has 0 atom stereocenters. The van der Waals surface area contributed by atoms with Gasteiger partial charge < -0.3 is 10.4 Å². The van der Waals surface area contributed by atoms with Gasteiger partial charge in [0.05, 0.1) is 32.1 Å². The molecule has 0 fully saturated rings. The molecule has 5 rings (SSSR count). The van der Waals surface area contributed by atoms with E-state index in [-0.39, 0.29) is 18.0 Å². The first kappa shape index (κ1) is 28.8. The van der Waals surface area contributed by atoms with Crippen molar-refractivity contribution in [3.8, 4) is 21.7 Å². The molecule has 0 saturated carbocycles. The minimum absolute atomic E-state index is 0.0306. The maximum absolute atomic E-state index is 13.1. The lowest BCUT2D eigenvalue weighted by Crippen LogP contribution is -2.45. The van der Waals surface area contributed by atoms with Gasteiger partial charge in [-0.15, -0.1) is 0 Å². The van der Waals surface area contributed by atoms with Crippen LogP contribution in [0, 0.1) is 17.0 Å². The number of carboxylic acid groups (broad SMARTS) is 1. The summed E-state index contributed by atoms with van der Waals surface area (Å²) in [4.78, 5) is 47.1. The number of nitrogens with one attached hydrogen (secondary N) is 1. The predicted molar refractivity (Wildman–Crippen MR) is 167 cm³/mol. The number of hydrogen-bond donors (Lipinski definition) is 2. The van der Waals surface area contributed by atoms with Crippen LogP contribution in [0.4, 0.5) is 20.7 Å². The molecule has 10 nitrogen and oxygen atoms in total. The van der Waals surface area contributed by atoms with Gasteiger partial charge in [0.15, 0.2) is 10.3 Å². The van der Waals surface area contributed by atoms with Crippen molar-refractivity contribution in [1.29, 1.82) is 0 Å². The molecule has 0 saturated heterocycles. The topological polar surface area (TPSA) is 139 Å². The van der Waals surface area contributed by atoms with Crippen LogP contribution in [0.25, 0.3) is 31.9 Å². The Hall–Kier alpha value is -4.68. The van der Waals surface area contributed by atoms with Crippen molar-refractivity contribution in [3.05, 3.63) is 88.0 Å². The summed E-state index contributed by atoms with van der Waals surface area (Å²) in [7, 11) is 0. The first-order valence-electron chi connectivity index (χ1n) is 12.9. The summed E-state index contributed by atoms with van der Waals surface area (Å²) >= 11 is 2.50. The van der Waals surface area contributed by atoms with Crippen LogP contribution in [0.15, 0.2) is 66.7 Å². The summed E-state index contributed by atoms with van der Waals surface area (Å²) in [5.74, 6) is -0.282.